The summed E-state index contributed by atoms with van der Waals surface area (Å²) in [5.74, 6) is 0. The second-order valence-corrected chi connectivity index (χ2v) is 5.70. The first-order chi connectivity index (χ1) is 10.8. The summed E-state index contributed by atoms with van der Waals surface area (Å²) >= 11 is 5.95. The molecule has 0 saturated carbocycles. The third-order valence-corrected chi connectivity index (χ3v) is 3.94. The summed E-state index contributed by atoms with van der Waals surface area (Å²) in [5.41, 5.74) is 3.76. The lowest BCUT2D eigenvalue weighted by Crippen LogP contribution is -2.21. The van der Waals surface area contributed by atoms with Crippen molar-refractivity contribution in [3.05, 3.63) is 107 Å². The van der Waals surface area contributed by atoms with Crippen LogP contribution in [0.4, 0.5) is 0 Å². The van der Waals surface area contributed by atoms with Crippen molar-refractivity contribution in [1.29, 1.82) is 0 Å². The number of rotatable bonds is 5. The number of hydrogen-bond donors (Lipinski definition) is 1. The summed E-state index contributed by atoms with van der Waals surface area (Å²) in [6.07, 6.45) is 0. The summed E-state index contributed by atoms with van der Waals surface area (Å²) in [7, 11) is 0. The molecule has 0 aromatic heterocycles. The summed E-state index contributed by atoms with van der Waals surface area (Å²) < 4.78 is 0. The fraction of sp³-hybridized carbons (Fsp3) is 0.100. The Morgan fingerprint density at radius 3 is 1.68 bits per heavy atom. The third kappa shape index (κ3) is 3.76. The molecule has 22 heavy (non-hydrogen) atoms. The van der Waals surface area contributed by atoms with Gasteiger partial charge in [0.25, 0.3) is 0 Å². The normalized spacial score (nSPS) is 10.8. The molecule has 0 atom stereocenters. The Kier molecular flexibility index (Phi) is 4.89. The summed E-state index contributed by atoms with van der Waals surface area (Å²) in [6.45, 7) is 0.797. The van der Waals surface area contributed by atoms with Crippen molar-refractivity contribution in [3.8, 4) is 0 Å². The van der Waals surface area contributed by atoms with E-state index in [1.54, 1.807) is 0 Å². The van der Waals surface area contributed by atoms with Gasteiger partial charge >= 0.3 is 0 Å². The van der Waals surface area contributed by atoms with E-state index in [1.165, 1.54) is 16.7 Å². The van der Waals surface area contributed by atoms with E-state index in [0.717, 1.165) is 11.6 Å². The molecule has 0 aliphatic carbocycles. The zero-order chi connectivity index (χ0) is 15.2. The lowest BCUT2D eigenvalue weighted by molar-refractivity contribution is 0.605. The molecule has 110 valence electrons. The SMILES string of the molecule is Clc1ccc(CNC(c2ccccc2)c2ccccc2)cc1. The van der Waals surface area contributed by atoms with E-state index in [9.17, 15) is 0 Å². The smallest absolute Gasteiger partial charge is 0.0579 e. The highest BCUT2D eigenvalue weighted by Crippen LogP contribution is 2.22. The Balaban J connectivity index is 1.81. The van der Waals surface area contributed by atoms with E-state index in [1.807, 2.05) is 24.3 Å². The van der Waals surface area contributed by atoms with Gasteiger partial charge in [-0.15, -0.1) is 0 Å². The summed E-state index contributed by atoms with van der Waals surface area (Å²) in [4.78, 5) is 0. The van der Waals surface area contributed by atoms with Gasteiger partial charge in [0, 0.05) is 11.6 Å². The van der Waals surface area contributed by atoms with Crippen LogP contribution in [0.2, 0.25) is 5.02 Å². The van der Waals surface area contributed by atoms with Gasteiger partial charge in [-0.1, -0.05) is 84.4 Å². The van der Waals surface area contributed by atoms with Gasteiger partial charge in [-0.25, -0.2) is 0 Å². The van der Waals surface area contributed by atoms with Crippen LogP contribution in [-0.4, -0.2) is 0 Å². The monoisotopic (exact) mass is 307 g/mol. The van der Waals surface area contributed by atoms with E-state index in [2.05, 4.69) is 66.0 Å². The fourth-order valence-corrected chi connectivity index (χ4v) is 2.67. The molecule has 3 rings (SSSR count). The molecule has 0 aliphatic heterocycles. The molecule has 0 aliphatic rings. The van der Waals surface area contributed by atoms with Crippen LogP contribution in [0.5, 0.6) is 0 Å². The average Bonchev–Trinajstić information content (AvgIpc) is 2.59. The predicted molar refractivity (Wildman–Crippen MR) is 93.0 cm³/mol. The number of hydrogen-bond acceptors (Lipinski definition) is 1. The van der Waals surface area contributed by atoms with E-state index in [0.29, 0.717) is 0 Å². The lowest BCUT2D eigenvalue weighted by Gasteiger charge is -2.20. The van der Waals surface area contributed by atoms with Gasteiger partial charge < -0.3 is 5.32 Å². The van der Waals surface area contributed by atoms with Crippen LogP contribution in [-0.2, 0) is 6.54 Å². The fourth-order valence-electron chi connectivity index (χ4n) is 2.54. The molecule has 1 nitrogen and oxygen atoms in total. The quantitative estimate of drug-likeness (QED) is 0.681. The van der Waals surface area contributed by atoms with Crippen molar-refractivity contribution >= 4 is 11.6 Å². The topological polar surface area (TPSA) is 12.0 Å². The Morgan fingerprint density at radius 2 is 1.18 bits per heavy atom. The Labute approximate surface area is 136 Å². The molecular formula is C20H18ClN. The number of benzene rings is 3. The highest BCUT2D eigenvalue weighted by Gasteiger charge is 2.12. The van der Waals surface area contributed by atoms with Crippen LogP contribution in [0, 0.1) is 0 Å². The maximum Gasteiger partial charge on any atom is 0.0579 e. The molecule has 0 saturated heterocycles. The van der Waals surface area contributed by atoms with Crippen LogP contribution < -0.4 is 5.32 Å². The molecule has 2 heteroatoms. The van der Waals surface area contributed by atoms with Gasteiger partial charge in [-0.3, -0.25) is 0 Å². The average molecular weight is 308 g/mol. The van der Waals surface area contributed by atoms with Crippen LogP contribution in [0.25, 0.3) is 0 Å². The molecule has 0 amide bonds. The van der Waals surface area contributed by atoms with Crippen molar-refractivity contribution in [1.82, 2.24) is 5.32 Å². The first kappa shape index (κ1) is 14.8. The van der Waals surface area contributed by atoms with Gasteiger partial charge in [-0.2, -0.15) is 0 Å². The van der Waals surface area contributed by atoms with Crippen LogP contribution >= 0.6 is 11.6 Å². The van der Waals surface area contributed by atoms with Crippen LogP contribution in [0.3, 0.4) is 0 Å². The van der Waals surface area contributed by atoms with Gasteiger partial charge in [-0.05, 0) is 28.8 Å². The minimum Gasteiger partial charge on any atom is -0.302 e. The number of halogens is 1. The van der Waals surface area contributed by atoms with Crippen molar-refractivity contribution in [2.75, 3.05) is 0 Å². The van der Waals surface area contributed by atoms with E-state index in [-0.39, 0.29) is 6.04 Å². The Hall–Kier alpha value is -2.09. The minimum absolute atomic E-state index is 0.179. The van der Waals surface area contributed by atoms with Crippen LogP contribution in [0.1, 0.15) is 22.7 Å². The maximum atomic E-state index is 5.95. The highest BCUT2D eigenvalue weighted by atomic mass is 35.5. The maximum absolute atomic E-state index is 5.95. The first-order valence-corrected chi connectivity index (χ1v) is 7.78. The van der Waals surface area contributed by atoms with E-state index in [4.69, 9.17) is 11.6 Å². The highest BCUT2D eigenvalue weighted by molar-refractivity contribution is 6.30. The molecule has 0 fully saturated rings. The number of nitrogens with one attached hydrogen (secondary N) is 1. The molecule has 3 aromatic rings. The molecule has 1 N–H and O–H groups in total. The molecule has 0 spiro atoms. The molecule has 0 radical (unpaired) electrons. The first-order valence-electron chi connectivity index (χ1n) is 7.40. The Morgan fingerprint density at radius 1 is 0.682 bits per heavy atom. The standard InChI is InChI=1S/C20H18ClN/c21-19-13-11-16(12-14-19)15-22-20(17-7-3-1-4-8-17)18-9-5-2-6-10-18/h1-14,20,22H,15H2. The second-order valence-electron chi connectivity index (χ2n) is 5.26. The molecule has 0 unspecified atom stereocenters. The van der Waals surface area contributed by atoms with Crippen LogP contribution in [0.15, 0.2) is 84.9 Å². The lowest BCUT2D eigenvalue weighted by atomic mass is 9.98. The minimum atomic E-state index is 0.179. The Bertz CT molecular complexity index is 653. The summed E-state index contributed by atoms with van der Waals surface area (Å²) in [6, 6.07) is 29.2. The van der Waals surface area contributed by atoms with Gasteiger partial charge in [0.05, 0.1) is 6.04 Å². The second kappa shape index (κ2) is 7.26. The largest absolute Gasteiger partial charge is 0.302 e. The van der Waals surface area contributed by atoms with E-state index < -0.39 is 0 Å². The van der Waals surface area contributed by atoms with Gasteiger partial charge in [0.2, 0.25) is 0 Å². The zero-order valence-electron chi connectivity index (χ0n) is 12.2. The van der Waals surface area contributed by atoms with Crippen molar-refractivity contribution in [2.24, 2.45) is 0 Å². The summed E-state index contributed by atoms with van der Waals surface area (Å²) in [5, 5.41) is 4.41. The van der Waals surface area contributed by atoms with Crippen molar-refractivity contribution in [2.45, 2.75) is 12.6 Å². The predicted octanol–water partition coefficient (Wildman–Crippen LogP) is 5.22. The van der Waals surface area contributed by atoms with Gasteiger partial charge in [0.15, 0.2) is 0 Å². The third-order valence-electron chi connectivity index (χ3n) is 3.69. The molecular weight excluding hydrogens is 290 g/mol. The van der Waals surface area contributed by atoms with E-state index >= 15 is 0 Å². The molecule has 3 aromatic carbocycles. The molecule has 0 bridgehead atoms. The van der Waals surface area contributed by atoms with Gasteiger partial charge in [0.1, 0.15) is 0 Å². The van der Waals surface area contributed by atoms with Crippen molar-refractivity contribution < 1.29 is 0 Å². The molecule has 0 heterocycles. The van der Waals surface area contributed by atoms with Crippen molar-refractivity contribution in [3.63, 3.8) is 0 Å². The zero-order valence-corrected chi connectivity index (χ0v) is 13.0.